The lowest BCUT2D eigenvalue weighted by molar-refractivity contribution is -0.0273. The van der Waals surface area contributed by atoms with Crippen LogP contribution in [0.15, 0.2) is 48.5 Å². The third-order valence-electron chi connectivity index (χ3n) is 4.44. The van der Waals surface area contributed by atoms with E-state index in [9.17, 15) is 0 Å². The van der Waals surface area contributed by atoms with E-state index in [-0.39, 0.29) is 12.7 Å². The molecule has 128 valence electrons. The van der Waals surface area contributed by atoms with Gasteiger partial charge in [-0.15, -0.1) is 0 Å². The number of ether oxygens (including phenoxy) is 3. The van der Waals surface area contributed by atoms with Crippen molar-refractivity contribution in [2.24, 2.45) is 0 Å². The minimum Gasteiger partial charge on any atom is -0.496 e. The molecule has 2 aromatic rings. The highest BCUT2D eigenvalue weighted by Crippen LogP contribution is 2.38. The molecule has 4 heteroatoms. The molecule has 1 N–H and O–H groups in total. The summed E-state index contributed by atoms with van der Waals surface area (Å²) < 4.78 is 17.3. The number of aliphatic hydroxyl groups excluding tert-OH is 1. The fourth-order valence-corrected chi connectivity index (χ4v) is 3.28. The molecule has 1 heterocycles. The highest BCUT2D eigenvalue weighted by Gasteiger charge is 2.28. The van der Waals surface area contributed by atoms with Crippen LogP contribution in [0.4, 0.5) is 0 Å². The van der Waals surface area contributed by atoms with Crippen molar-refractivity contribution in [2.75, 3.05) is 33.5 Å². The molecule has 0 saturated heterocycles. The maximum atomic E-state index is 8.95. The van der Waals surface area contributed by atoms with Crippen LogP contribution in [0.2, 0.25) is 0 Å². The van der Waals surface area contributed by atoms with Crippen molar-refractivity contribution < 1.29 is 19.3 Å². The Morgan fingerprint density at radius 1 is 1.12 bits per heavy atom. The van der Waals surface area contributed by atoms with Gasteiger partial charge < -0.3 is 19.3 Å². The first-order valence-corrected chi connectivity index (χ1v) is 8.34. The highest BCUT2D eigenvalue weighted by atomic mass is 16.5. The summed E-state index contributed by atoms with van der Waals surface area (Å²) in [5.74, 6) is 1.14. The molecular formula is C20H24O4. The van der Waals surface area contributed by atoms with Gasteiger partial charge in [0.2, 0.25) is 0 Å². The Morgan fingerprint density at radius 3 is 2.71 bits per heavy atom. The molecule has 2 aromatic carbocycles. The molecule has 0 saturated carbocycles. The molecule has 1 aliphatic heterocycles. The Morgan fingerprint density at radius 2 is 1.96 bits per heavy atom. The minimum absolute atomic E-state index is 0.0120. The van der Waals surface area contributed by atoms with Crippen LogP contribution in [0.25, 0.3) is 0 Å². The molecule has 2 unspecified atom stereocenters. The van der Waals surface area contributed by atoms with Crippen molar-refractivity contribution in [1.82, 2.24) is 0 Å². The second kappa shape index (κ2) is 8.29. The zero-order chi connectivity index (χ0) is 16.8. The van der Waals surface area contributed by atoms with Crippen LogP contribution in [0, 0.1) is 0 Å². The van der Waals surface area contributed by atoms with Gasteiger partial charge in [0.15, 0.2) is 0 Å². The molecule has 2 atom stereocenters. The maximum absolute atomic E-state index is 8.95. The lowest BCUT2D eigenvalue weighted by Crippen LogP contribution is -2.15. The van der Waals surface area contributed by atoms with Gasteiger partial charge in [0.1, 0.15) is 11.9 Å². The van der Waals surface area contributed by atoms with Crippen LogP contribution in [0.3, 0.4) is 0 Å². The lowest BCUT2D eigenvalue weighted by atomic mass is 9.90. The number of hydrogen-bond donors (Lipinski definition) is 1. The minimum atomic E-state index is -0.184. The molecular weight excluding hydrogens is 304 g/mol. The SMILES string of the molecule is COc1cccc2c1C(COCCO)OCC(c1ccccc1)C2. The van der Waals surface area contributed by atoms with E-state index in [2.05, 4.69) is 30.3 Å². The first-order chi connectivity index (χ1) is 11.8. The summed E-state index contributed by atoms with van der Waals surface area (Å²) in [6, 6.07) is 16.6. The number of aliphatic hydroxyl groups is 1. The smallest absolute Gasteiger partial charge is 0.125 e. The van der Waals surface area contributed by atoms with Gasteiger partial charge in [-0.2, -0.15) is 0 Å². The van der Waals surface area contributed by atoms with E-state index >= 15 is 0 Å². The van der Waals surface area contributed by atoms with E-state index in [1.54, 1.807) is 7.11 Å². The molecule has 0 aliphatic carbocycles. The van der Waals surface area contributed by atoms with E-state index in [1.807, 2.05) is 18.2 Å². The van der Waals surface area contributed by atoms with Gasteiger partial charge in [0.05, 0.1) is 33.5 Å². The van der Waals surface area contributed by atoms with Crippen molar-refractivity contribution in [3.05, 3.63) is 65.2 Å². The van der Waals surface area contributed by atoms with E-state index in [0.717, 1.165) is 17.7 Å². The molecule has 0 fully saturated rings. The predicted octanol–water partition coefficient (Wildman–Crippen LogP) is 3.10. The summed E-state index contributed by atoms with van der Waals surface area (Å²) in [5, 5.41) is 8.95. The third kappa shape index (κ3) is 3.78. The number of hydrogen-bond acceptors (Lipinski definition) is 4. The second-order valence-electron chi connectivity index (χ2n) is 5.97. The van der Waals surface area contributed by atoms with Gasteiger partial charge in [-0.05, 0) is 23.6 Å². The second-order valence-corrected chi connectivity index (χ2v) is 5.97. The van der Waals surface area contributed by atoms with Crippen molar-refractivity contribution in [3.8, 4) is 5.75 Å². The molecule has 3 rings (SSSR count). The van der Waals surface area contributed by atoms with Crippen molar-refractivity contribution >= 4 is 0 Å². The van der Waals surface area contributed by atoms with Crippen LogP contribution >= 0.6 is 0 Å². The van der Waals surface area contributed by atoms with Gasteiger partial charge in [-0.25, -0.2) is 0 Å². The van der Waals surface area contributed by atoms with Crippen molar-refractivity contribution in [1.29, 1.82) is 0 Å². The van der Waals surface area contributed by atoms with Crippen LogP contribution in [-0.2, 0) is 15.9 Å². The summed E-state index contributed by atoms with van der Waals surface area (Å²) in [6.07, 6.45) is 0.726. The Bertz CT molecular complexity index is 641. The molecule has 4 nitrogen and oxygen atoms in total. The van der Waals surface area contributed by atoms with Crippen LogP contribution < -0.4 is 4.74 Å². The zero-order valence-electron chi connectivity index (χ0n) is 14.0. The number of methoxy groups -OCH3 is 1. The van der Waals surface area contributed by atoms with Crippen LogP contribution in [-0.4, -0.2) is 38.6 Å². The Labute approximate surface area is 143 Å². The summed E-state index contributed by atoms with van der Waals surface area (Å²) >= 11 is 0. The average molecular weight is 328 g/mol. The summed E-state index contributed by atoms with van der Waals surface area (Å²) in [4.78, 5) is 0. The number of fused-ring (bicyclic) bond motifs is 1. The maximum Gasteiger partial charge on any atom is 0.125 e. The topological polar surface area (TPSA) is 47.9 Å². The third-order valence-corrected chi connectivity index (χ3v) is 4.44. The monoisotopic (exact) mass is 328 g/mol. The fourth-order valence-electron chi connectivity index (χ4n) is 3.28. The van der Waals surface area contributed by atoms with E-state index < -0.39 is 0 Å². The molecule has 1 aliphatic rings. The largest absolute Gasteiger partial charge is 0.496 e. The average Bonchev–Trinajstić information content (AvgIpc) is 2.82. The normalized spacial score (nSPS) is 20.2. The van der Waals surface area contributed by atoms with Crippen molar-refractivity contribution in [3.63, 3.8) is 0 Å². The predicted molar refractivity (Wildman–Crippen MR) is 92.5 cm³/mol. The summed E-state index contributed by atoms with van der Waals surface area (Å²) in [6.45, 7) is 1.37. The first kappa shape index (κ1) is 17.0. The van der Waals surface area contributed by atoms with Crippen molar-refractivity contribution in [2.45, 2.75) is 18.4 Å². The molecule has 0 spiro atoms. The fraction of sp³-hybridized carbons (Fsp3) is 0.400. The first-order valence-electron chi connectivity index (χ1n) is 8.34. The van der Waals surface area contributed by atoms with E-state index in [1.165, 1.54) is 11.1 Å². The van der Waals surface area contributed by atoms with Crippen LogP contribution in [0.1, 0.15) is 28.7 Å². The van der Waals surface area contributed by atoms with E-state index in [4.69, 9.17) is 19.3 Å². The van der Waals surface area contributed by atoms with E-state index in [0.29, 0.717) is 25.7 Å². The molecule has 0 aromatic heterocycles. The van der Waals surface area contributed by atoms with Gasteiger partial charge in [0.25, 0.3) is 0 Å². The van der Waals surface area contributed by atoms with Gasteiger partial charge >= 0.3 is 0 Å². The zero-order valence-corrected chi connectivity index (χ0v) is 14.0. The Hall–Kier alpha value is -1.88. The molecule has 0 amide bonds. The Balaban J connectivity index is 1.90. The van der Waals surface area contributed by atoms with Crippen LogP contribution in [0.5, 0.6) is 5.75 Å². The van der Waals surface area contributed by atoms with Gasteiger partial charge in [-0.1, -0.05) is 42.5 Å². The Kier molecular flexibility index (Phi) is 5.86. The number of benzene rings is 2. The van der Waals surface area contributed by atoms with Gasteiger partial charge in [0, 0.05) is 11.5 Å². The molecule has 0 radical (unpaired) electrons. The lowest BCUT2D eigenvalue weighted by Gasteiger charge is -2.20. The molecule has 24 heavy (non-hydrogen) atoms. The summed E-state index contributed by atoms with van der Waals surface area (Å²) in [5.41, 5.74) is 3.58. The summed E-state index contributed by atoms with van der Waals surface area (Å²) in [7, 11) is 1.68. The van der Waals surface area contributed by atoms with Gasteiger partial charge in [-0.3, -0.25) is 0 Å². The number of rotatable bonds is 6. The highest BCUT2D eigenvalue weighted by molar-refractivity contribution is 5.44. The quantitative estimate of drug-likeness (QED) is 0.828. The molecule has 0 bridgehead atoms. The standard InChI is InChI=1S/C20H24O4/c1-22-18-9-5-8-16-12-17(15-6-3-2-4-7-15)13-24-19(20(16)18)14-23-11-10-21/h2-9,17,19,21H,10-14H2,1H3.